The highest BCUT2D eigenvalue weighted by molar-refractivity contribution is 6.12. The molecule has 2 aliphatic carbocycles. The van der Waals surface area contributed by atoms with Gasteiger partial charge >= 0.3 is 0 Å². The van der Waals surface area contributed by atoms with Crippen LogP contribution < -0.4 is 5.32 Å². The summed E-state index contributed by atoms with van der Waals surface area (Å²) >= 11 is 0. The second-order valence-corrected chi connectivity index (χ2v) is 5.35. The molecule has 4 nitrogen and oxygen atoms in total. The summed E-state index contributed by atoms with van der Waals surface area (Å²) in [7, 11) is 0. The number of nitrogens with one attached hydrogen (secondary N) is 1. The third-order valence-corrected chi connectivity index (χ3v) is 3.92. The molecule has 1 fully saturated rings. The fraction of sp³-hybridized carbons (Fsp3) is 0.400. The normalized spacial score (nSPS) is 28.1. The summed E-state index contributed by atoms with van der Waals surface area (Å²) in [6, 6.07) is 0. The fourth-order valence-electron chi connectivity index (χ4n) is 2.34. The Morgan fingerprint density at radius 2 is 2.11 bits per heavy atom. The van der Waals surface area contributed by atoms with Crippen LogP contribution in [0.4, 0.5) is 0 Å². The number of hydrogen-bond acceptors (Lipinski definition) is 2. The Kier molecular flexibility index (Phi) is 2.73. The third kappa shape index (κ3) is 2.18. The Bertz CT molecular complexity index is 589. The Labute approximate surface area is 112 Å². The van der Waals surface area contributed by atoms with Crippen LogP contribution in [0.25, 0.3) is 0 Å². The molecule has 1 aliphatic heterocycles. The van der Waals surface area contributed by atoms with Gasteiger partial charge in [-0.1, -0.05) is 11.6 Å². The number of carbonyl (C=O) groups excluding carboxylic acids is 2. The SMILES string of the molecule is CC1=C(C)C2C=CC(=NC(=O)C3CC3)C=C2NC1=O. The van der Waals surface area contributed by atoms with Crippen LogP contribution >= 0.6 is 0 Å². The Hall–Kier alpha value is -1.97. The van der Waals surface area contributed by atoms with E-state index in [1.54, 1.807) is 6.08 Å². The van der Waals surface area contributed by atoms with Crippen molar-refractivity contribution in [1.82, 2.24) is 5.32 Å². The van der Waals surface area contributed by atoms with Gasteiger partial charge < -0.3 is 5.32 Å². The molecule has 3 rings (SSSR count). The van der Waals surface area contributed by atoms with Crippen LogP contribution in [-0.4, -0.2) is 17.5 Å². The van der Waals surface area contributed by atoms with Gasteiger partial charge in [0.05, 0.1) is 5.71 Å². The van der Waals surface area contributed by atoms with Gasteiger partial charge in [-0.2, -0.15) is 0 Å². The van der Waals surface area contributed by atoms with E-state index in [0.29, 0.717) is 5.71 Å². The molecule has 0 aromatic heterocycles. The molecule has 0 aromatic carbocycles. The second kappa shape index (κ2) is 4.30. The van der Waals surface area contributed by atoms with Gasteiger partial charge in [0.1, 0.15) is 0 Å². The van der Waals surface area contributed by atoms with Crippen LogP contribution in [0.15, 0.2) is 40.1 Å². The third-order valence-electron chi connectivity index (χ3n) is 3.92. The quantitative estimate of drug-likeness (QED) is 0.779. The van der Waals surface area contributed by atoms with E-state index >= 15 is 0 Å². The van der Waals surface area contributed by atoms with Gasteiger partial charge in [0.25, 0.3) is 5.91 Å². The average Bonchev–Trinajstić information content (AvgIpc) is 3.20. The van der Waals surface area contributed by atoms with E-state index in [-0.39, 0.29) is 23.7 Å². The minimum absolute atomic E-state index is 0.0412. The van der Waals surface area contributed by atoms with Crippen LogP contribution in [-0.2, 0) is 9.59 Å². The van der Waals surface area contributed by atoms with Crippen molar-refractivity contribution in [2.45, 2.75) is 26.7 Å². The van der Waals surface area contributed by atoms with Crippen LogP contribution in [0.3, 0.4) is 0 Å². The number of hydrogen-bond donors (Lipinski definition) is 1. The monoisotopic (exact) mass is 256 g/mol. The van der Waals surface area contributed by atoms with Crippen LogP contribution in [0.5, 0.6) is 0 Å². The molecule has 0 saturated heterocycles. The lowest BCUT2D eigenvalue weighted by Crippen LogP contribution is -2.35. The summed E-state index contributed by atoms with van der Waals surface area (Å²) in [4.78, 5) is 27.5. The number of aliphatic imine (C=N–C) groups is 1. The van der Waals surface area contributed by atoms with Crippen LogP contribution in [0.2, 0.25) is 0 Å². The molecule has 1 saturated carbocycles. The zero-order valence-corrected chi connectivity index (χ0v) is 11.1. The van der Waals surface area contributed by atoms with Crippen molar-refractivity contribution in [2.75, 3.05) is 0 Å². The Morgan fingerprint density at radius 1 is 1.37 bits per heavy atom. The molecule has 0 radical (unpaired) electrons. The Balaban J connectivity index is 1.89. The smallest absolute Gasteiger partial charge is 0.251 e. The molecule has 1 heterocycles. The zero-order valence-electron chi connectivity index (χ0n) is 11.1. The largest absolute Gasteiger partial charge is 0.325 e. The van der Waals surface area contributed by atoms with Crippen LogP contribution in [0.1, 0.15) is 26.7 Å². The number of amides is 2. The summed E-state index contributed by atoms with van der Waals surface area (Å²) in [6.07, 6.45) is 7.57. The maximum absolute atomic E-state index is 11.8. The van der Waals surface area contributed by atoms with Gasteiger partial charge in [-0.15, -0.1) is 0 Å². The number of allylic oxidation sites excluding steroid dienone is 3. The summed E-state index contributed by atoms with van der Waals surface area (Å²) < 4.78 is 0. The van der Waals surface area contributed by atoms with Gasteiger partial charge in [-0.25, -0.2) is 4.99 Å². The van der Waals surface area contributed by atoms with Gasteiger partial charge in [0.15, 0.2) is 0 Å². The highest BCUT2D eigenvalue weighted by Gasteiger charge is 2.31. The first-order chi connectivity index (χ1) is 9.06. The predicted octanol–water partition coefficient (Wildman–Crippen LogP) is 1.90. The minimum Gasteiger partial charge on any atom is -0.325 e. The lowest BCUT2D eigenvalue weighted by Gasteiger charge is -2.28. The van der Waals surface area contributed by atoms with E-state index in [4.69, 9.17) is 0 Å². The van der Waals surface area contributed by atoms with Crippen molar-refractivity contribution < 1.29 is 9.59 Å². The summed E-state index contributed by atoms with van der Waals surface area (Å²) in [6.45, 7) is 3.80. The predicted molar refractivity (Wildman–Crippen MR) is 72.4 cm³/mol. The van der Waals surface area contributed by atoms with E-state index < -0.39 is 0 Å². The molecule has 1 atom stereocenters. The van der Waals surface area contributed by atoms with Gasteiger partial charge in [0, 0.05) is 23.1 Å². The van der Waals surface area contributed by atoms with Crippen LogP contribution in [0, 0.1) is 11.8 Å². The molecule has 3 aliphatic rings. The van der Waals surface area contributed by atoms with Crippen molar-refractivity contribution in [3.05, 3.63) is 35.1 Å². The Morgan fingerprint density at radius 3 is 2.79 bits per heavy atom. The van der Waals surface area contributed by atoms with Gasteiger partial charge in [-0.3, -0.25) is 9.59 Å². The number of rotatable bonds is 1. The topological polar surface area (TPSA) is 58.5 Å². The van der Waals surface area contributed by atoms with Gasteiger partial charge in [-0.05, 0) is 38.8 Å². The standard InChI is InChI=1S/C15H16N2O2/c1-8-9(2)14(18)17-13-7-11(5-6-12(8)13)16-15(19)10-3-4-10/h5-7,10,12H,3-4H2,1-2H3,(H,17,18). The maximum Gasteiger partial charge on any atom is 0.251 e. The number of carbonyl (C=O) groups is 2. The number of nitrogens with zero attached hydrogens (tertiary/aromatic N) is 1. The molecule has 1 unspecified atom stereocenters. The molecular formula is C15H16N2O2. The average molecular weight is 256 g/mol. The lowest BCUT2D eigenvalue weighted by atomic mass is 9.85. The first-order valence-corrected chi connectivity index (χ1v) is 6.57. The first kappa shape index (κ1) is 12.1. The van der Waals surface area contributed by atoms with Crippen molar-refractivity contribution in [1.29, 1.82) is 0 Å². The number of fused-ring (bicyclic) bond motifs is 1. The fourth-order valence-corrected chi connectivity index (χ4v) is 2.34. The second-order valence-electron chi connectivity index (χ2n) is 5.35. The molecule has 4 heteroatoms. The van der Waals surface area contributed by atoms with E-state index in [0.717, 1.165) is 29.7 Å². The highest BCUT2D eigenvalue weighted by Crippen LogP contribution is 2.32. The van der Waals surface area contributed by atoms with E-state index in [2.05, 4.69) is 10.3 Å². The molecule has 0 aromatic rings. The van der Waals surface area contributed by atoms with Crippen molar-refractivity contribution >= 4 is 17.5 Å². The van der Waals surface area contributed by atoms with E-state index in [1.807, 2.05) is 26.0 Å². The zero-order chi connectivity index (χ0) is 13.6. The summed E-state index contributed by atoms with van der Waals surface area (Å²) in [5.41, 5.74) is 3.27. The highest BCUT2D eigenvalue weighted by atomic mass is 16.2. The molecular weight excluding hydrogens is 240 g/mol. The first-order valence-electron chi connectivity index (χ1n) is 6.57. The van der Waals surface area contributed by atoms with Crippen molar-refractivity contribution in [3.8, 4) is 0 Å². The molecule has 98 valence electrons. The molecule has 1 N–H and O–H groups in total. The van der Waals surface area contributed by atoms with E-state index in [9.17, 15) is 9.59 Å². The summed E-state index contributed by atoms with van der Waals surface area (Å²) in [5.74, 6) is 0.123. The molecule has 2 amide bonds. The lowest BCUT2D eigenvalue weighted by molar-refractivity contribution is -0.119. The minimum atomic E-state index is -0.0665. The van der Waals surface area contributed by atoms with E-state index in [1.165, 1.54) is 0 Å². The van der Waals surface area contributed by atoms with Gasteiger partial charge in [0.2, 0.25) is 5.91 Å². The summed E-state index contributed by atoms with van der Waals surface area (Å²) in [5, 5.41) is 2.87. The van der Waals surface area contributed by atoms with Crippen molar-refractivity contribution in [3.63, 3.8) is 0 Å². The molecule has 0 bridgehead atoms. The van der Waals surface area contributed by atoms with Crippen molar-refractivity contribution in [2.24, 2.45) is 16.8 Å². The molecule has 19 heavy (non-hydrogen) atoms. The maximum atomic E-state index is 11.8. The molecule has 0 spiro atoms.